The van der Waals surface area contributed by atoms with Gasteiger partial charge in [0.1, 0.15) is 10.6 Å². The lowest BCUT2D eigenvalue weighted by molar-refractivity contribution is 0.0239. The Kier molecular flexibility index (Phi) is 3.55. The highest BCUT2D eigenvalue weighted by molar-refractivity contribution is 9.09. The van der Waals surface area contributed by atoms with Crippen molar-refractivity contribution in [2.45, 2.75) is 37.9 Å². The van der Waals surface area contributed by atoms with Crippen LogP contribution >= 0.6 is 15.9 Å². The van der Waals surface area contributed by atoms with Crippen LogP contribution in [-0.2, 0) is 11.3 Å². The summed E-state index contributed by atoms with van der Waals surface area (Å²) in [6.45, 7) is 6.01. The van der Waals surface area contributed by atoms with Gasteiger partial charge in [0.05, 0.1) is 18.2 Å². The van der Waals surface area contributed by atoms with Crippen molar-refractivity contribution in [3.8, 4) is 6.07 Å². The van der Waals surface area contributed by atoms with E-state index in [0.29, 0.717) is 12.1 Å². The third-order valence-corrected chi connectivity index (χ3v) is 3.76. The number of halogens is 1. The maximum atomic E-state index is 12.1. The molecule has 1 amide bonds. The van der Waals surface area contributed by atoms with Gasteiger partial charge < -0.3 is 4.74 Å². The van der Waals surface area contributed by atoms with Crippen molar-refractivity contribution in [2.24, 2.45) is 0 Å². The van der Waals surface area contributed by atoms with Crippen molar-refractivity contribution < 1.29 is 9.53 Å². The minimum atomic E-state index is -0.517. The maximum absolute atomic E-state index is 12.1. The van der Waals surface area contributed by atoms with E-state index < -0.39 is 5.60 Å². The van der Waals surface area contributed by atoms with Crippen LogP contribution in [0.25, 0.3) is 0 Å². The molecule has 0 bridgehead atoms. The summed E-state index contributed by atoms with van der Waals surface area (Å²) in [5, 5.41) is 8.91. The quantitative estimate of drug-likeness (QED) is 0.540. The fourth-order valence-corrected chi connectivity index (χ4v) is 2.68. The molecule has 5 heteroatoms. The Labute approximate surface area is 121 Å². The normalized spacial score (nSPS) is 17.8. The number of nitriles is 1. The Balaban J connectivity index is 2.22. The van der Waals surface area contributed by atoms with Crippen LogP contribution in [0.5, 0.6) is 0 Å². The molecular weight excluding hydrogens is 308 g/mol. The summed E-state index contributed by atoms with van der Waals surface area (Å²) in [5.74, 6) is 0. The molecule has 0 saturated carbocycles. The predicted molar refractivity (Wildman–Crippen MR) is 74.6 cm³/mol. The van der Waals surface area contributed by atoms with Crippen LogP contribution in [0.2, 0.25) is 0 Å². The van der Waals surface area contributed by atoms with Gasteiger partial charge in [-0.05, 0) is 44.0 Å². The van der Waals surface area contributed by atoms with Gasteiger partial charge >= 0.3 is 6.09 Å². The molecule has 1 heterocycles. The molecule has 1 unspecified atom stereocenters. The standard InChI is InChI=1S/C14H15BrN2O2/c1-14(2,3)19-13(18)17-8-10-5-4-9(7-16)6-11(10)12(17)15/h4-6,12H,8H2,1-3H3. The minimum absolute atomic E-state index is 0.245. The second-order valence-electron chi connectivity index (χ2n) is 5.47. The van der Waals surface area contributed by atoms with E-state index in [1.54, 1.807) is 17.0 Å². The maximum Gasteiger partial charge on any atom is 0.411 e. The van der Waals surface area contributed by atoms with Crippen LogP contribution in [0, 0.1) is 11.3 Å². The molecular formula is C14H15BrN2O2. The largest absolute Gasteiger partial charge is 0.444 e. The van der Waals surface area contributed by atoms with Crippen molar-refractivity contribution in [1.29, 1.82) is 5.26 Å². The number of alkyl halides is 1. The molecule has 1 aliphatic heterocycles. The molecule has 0 aliphatic carbocycles. The SMILES string of the molecule is CC(C)(C)OC(=O)N1Cc2ccc(C#N)cc2C1Br. The van der Waals surface area contributed by atoms with Crippen molar-refractivity contribution in [2.75, 3.05) is 0 Å². The number of fused-ring (bicyclic) bond motifs is 1. The molecule has 0 fully saturated rings. The van der Waals surface area contributed by atoms with Gasteiger partial charge in [-0.1, -0.05) is 22.0 Å². The highest BCUT2D eigenvalue weighted by Gasteiger charge is 2.34. The van der Waals surface area contributed by atoms with Gasteiger partial charge in [0.25, 0.3) is 0 Å². The van der Waals surface area contributed by atoms with Crippen LogP contribution in [0.15, 0.2) is 18.2 Å². The number of carbonyl (C=O) groups excluding carboxylic acids is 1. The summed E-state index contributed by atoms with van der Waals surface area (Å²) in [7, 11) is 0. The smallest absolute Gasteiger partial charge is 0.411 e. The Morgan fingerprint density at radius 2 is 2.21 bits per heavy atom. The first-order chi connectivity index (χ1) is 8.81. The van der Waals surface area contributed by atoms with Gasteiger partial charge in [-0.3, -0.25) is 4.90 Å². The fourth-order valence-electron chi connectivity index (χ4n) is 1.94. The average molecular weight is 323 g/mol. The highest BCUT2D eigenvalue weighted by Crippen LogP contribution is 2.39. The first-order valence-electron chi connectivity index (χ1n) is 5.98. The molecule has 0 spiro atoms. The topological polar surface area (TPSA) is 53.3 Å². The number of rotatable bonds is 0. The number of nitrogens with zero attached hydrogens (tertiary/aromatic N) is 2. The fraction of sp³-hybridized carbons (Fsp3) is 0.429. The molecule has 0 saturated heterocycles. The number of carbonyl (C=O) groups is 1. The third-order valence-electron chi connectivity index (χ3n) is 2.77. The summed E-state index contributed by atoms with van der Waals surface area (Å²) >= 11 is 3.49. The van der Waals surface area contributed by atoms with E-state index in [9.17, 15) is 4.79 Å². The number of benzene rings is 1. The van der Waals surface area contributed by atoms with Gasteiger partial charge in [-0.2, -0.15) is 5.26 Å². The van der Waals surface area contributed by atoms with Gasteiger partial charge in [0.15, 0.2) is 0 Å². The number of hydrogen-bond donors (Lipinski definition) is 0. The number of ether oxygens (including phenoxy) is 1. The predicted octanol–water partition coefficient (Wildman–Crippen LogP) is 3.70. The molecule has 4 nitrogen and oxygen atoms in total. The average Bonchev–Trinajstić information content (AvgIpc) is 2.64. The molecule has 19 heavy (non-hydrogen) atoms. The molecule has 1 aromatic rings. The summed E-state index contributed by atoms with van der Waals surface area (Å²) in [5.41, 5.74) is 2.06. The molecule has 2 rings (SSSR count). The van der Waals surface area contributed by atoms with E-state index in [0.717, 1.165) is 11.1 Å². The van der Waals surface area contributed by atoms with Gasteiger partial charge in [0.2, 0.25) is 0 Å². The van der Waals surface area contributed by atoms with E-state index in [1.807, 2.05) is 26.8 Å². The minimum Gasteiger partial charge on any atom is -0.444 e. The van der Waals surface area contributed by atoms with Crippen molar-refractivity contribution in [3.63, 3.8) is 0 Å². The van der Waals surface area contributed by atoms with Gasteiger partial charge in [0, 0.05) is 0 Å². The Hall–Kier alpha value is -1.54. The third kappa shape index (κ3) is 2.90. The lowest BCUT2D eigenvalue weighted by atomic mass is 10.1. The Morgan fingerprint density at radius 1 is 1.53 bits per heavy atom. The van der Waals surface area contributed by atoms with E-state index in [4.69, 9.17) is 10.00 Å². The van der Waals surface area contributed by atoms with E-state index in [2.05, 4.69) is 22.0 Å². The van der Waals surface area contributed by atoms with Gasteiger partial charge in [-0.25, -0.2) is 4.79 Å². The molecule has 1 aromatic carbocycles. The Bertz CT molecular complexity index is 558. The summed E-state index contributed by atoms with van der Waals surface area (Å²) in [4.78, 5) is 13.5. The monoisotopic (exact) mass is 322 g/mol. The summed E-state index contributed by atoms with van der Waals surface area (Å²) in [6.07, 6.45) is -0.357. The van der Waals surface area contributed by atoms with Crippen molar-refractivity contribution in [3.05, 3.63) is 34.9 Å². The van der Waals surface area contributed by atoms with Crippen molar-refractivity contribution in [1.82, 2.24) is 4.90 Å². The second kappa shape index (κ2) is 4.86. The lowest BCUT2D eigenvalue weighted by Gasteiger charge is -2.26. The van der Waals surface area contributed by atoms with Crippen LogP contribution in [0.1, 0.15) is 42.4 Å². The summed E-state index contributed by atoms with van der Waals surface area (Å²) in [6, 6.07) is 7.55. The molecule has 1 aliphatic rings. The molecule has 100 valence electrons. The molecule has 0 radical (unpaired) electrons. The summed E-state index contributed by atoms with van der Waals surface area (Å²) < 4.78 is 5.37. The zero-order valence-corrected chi connectivity index (χ0v) is 12.7. The number of amides is 1. The van der Waals surface area contributed by atoms with Crippen molar-refractivity contribution >= 4 is 22.0 Å². The second-order valence-corrected chi connectivity index (χ2v) is 6.34. The lowest BCUT2D eigenvalue weighted by Crippen LogP contribution is -2.34. The number of hydrogen-bond acceptors (Lipinski definition) is 3. The highest BCUT2D eigenvalue weighted by atomic mass is 79.9. The van der Waals surface area contributed by atoms with E-state index in [1.165, 1.54) is 0 Å². The van der Waals surface area contributed by atoms with Crippen LogP contribution in [0.4, 0.5) is 4.79 Å². The zero-order chi connectivity index (χ0) is 14.2. The molecule has 0 N–H and O–H groups in total. The first kappa shape index (κ1) is 13.9. The van der Waals surface area contributed by atoms with E-state index >= 15 is 0 Å². The first-order valence-corrected chi connectivity index (χ1v) is 6.90. The van der Waals surface area contributed by atoms with Crippen LogP contribution in [-0.4, -0.2) is 16.6 Å². The van der Waals surface area contributed by atoms with Crippen LogP contribution < -0.4 is 0 Å². The Morgan fingerprint density at radius 3 is 2.79 bits per heavy atom. The molecule has 1 atom stereocenters. The zero-order valence-electron chi connectivity index (χ0n) is 11.1. The molecule has 0 aromatic heterocycles. The van der Waals surface area contributed by atoms with E-state index in [-0.39, 0.29) is 11.0 Å². The van der Waals surface area contributed by atoms with Crippen LogP contribution in [0.3, 0.4) is 0 Å². The van der Waals surface area contributed by atoms with Gasteiger partial charge in [-0.15, -0.1) is 0 Å².